The molecule has 2 aliphatic heterocycles. The molecule has 8 heteroatoms. The van der Waals surface area contributed by atoms with Crippen molar-refractivity contribution in [1.82, 2.24) is 24.7 Å². The van der Waals surface area contributed by atoms with Crippen molar-refractivity contribution in [2.75, 3.05) is 46.5 Å². The molecule has 0 unspecified atom stereocenters. The number of ether oxygens (including phenoxy) is 2. The topological polar surface area (TPSA) is 54.8 Å². The SMILES string of the molecule is COc1cccc(-n2cccc2[C@H]2[C@H](c3ccccn3)NC(=S)N2CCCN2CCOCC2)c1. The van der Waals surface area contributed by atoms with Crippen molar-refractivity contribution in [2.45, 2.75) is 18.5 Å². The van der Waals surface area contributed by atoms with Crippen LogP contribution in [-0.4, -0.2) is 71.0 Å². The Kier molecular flexibility index (Phi) is 7.08. The highest BCUT2D eigenvalue weighted by Crippen LogP contribution is 2.39. The van der Waals surface area contributed by atoms with Gasteiger partial charge in [0, 0.05) is 56.0 Å². The first-order valence-corrected chi connectivity index (χ1v) is 12.3. The van der Waals surface area contributed by atoms with Crippen LogP contribution in [0.25, 0.3) is 5.69 Å². The van der Waals surface area contributed by atoms with Gasteiger partial charge in [-0.05, 0) is 55.0 Å². The van der Waals surface area contributed by atoms with Gasteiger partial charge in [-0.3, -0.25) is 9.88 Å². The quantitative estimate of drug-likeness (QED) is 0.498. The Labute approximate surface area is 206 Å². The molecule has 5 rings (SSSR count). The molecule has 3 aromatic rings. The highest BCUT2D eigenvalue weighted by atomic mass is 32.1. The summed E-state index contributed by atoms with van der Waals surface area (Å²) in [5, 5.41) is 4.35. The molecule has 1 N–H and O–H groups in total. The molecule has 34 heavy (non-hydrogen) atoms. The molecule has 0 radical (unpaired) electrons. The molecule has 4 heterocycles. The third-order valence-corrected chi connectivity index (χ3v) is 6.94. The van der Waals surface area contributed by atoms with E-state index in [0.29, 0.717) is 0 Å². The standard InChI is InChI=1S/C26H31N5O2S/c1-32-21-8-4-7-20(19-21)30-13-5-10-23(30)25-24(22-9-2-3-11-27-22)28-26(34)31(25)14-6-12-29-15-17-33-18-16-29/h2-5,7-11,13,19,24-25H,6,12,14-18H2,1H3,(H,28,34)/t24-,25-/m0/s1. The summed E-state index contributed by atoms with van der Waals surface area (Å²) in [7, 11) is 1.70. The van der Waals surface area contributed by atoms with E-state index < -0.39 is 0 Å². The van der Waals surface area contributed by atoms with Gasteiger partial charge in [0.2, 0.25) is 0 Å². The second kappa shape index (κ2) is 10.5. The van der Waals surface area contributed by atoms with E-state index in [1.807, 2.05) is 30.5 Å². The minimum atomic E-state index is -0.0312. The van der Waals surface area contributed by atoms with Crippen LogP contribution in [0.4, 0.5) is 0 Å². The van der Waals surface area contributed by atoms with Gasteiger partial charge in [-0.2, -0.15) is 0 Å². The van der Waals surface area contributed by atoms with E-state index in [9.17, 15) is 0 Å². The first-order valence-electron chi connectivity index (χ1n) is 11.8. The van der Waals surface area contributed by atoms with E-state index in [4.69, 9.17) is 21.7 Å². The van der Waals surface area contributed by atoms with Crippen LogP contribution < -0.4 is 10.1 Å². The fourth-order valence-corrected chi connectivity index (χ4v) is 5.22. The van der Waals surface area contributed by atoms with E-state index in [2.05, 4.69) is 61.2 Å². The smallest absolute Gasteiger partial charge is 0.170 e. The summed E-state index contributed by atoms with van der Waals surface area (Å²) in [6.45, 7) is 5.56. The van der Waals surface area contributed by atoms with E-state index in [1.165, 1.54) is 5.69 Å². The molecule has 0 aliphatic carbocycles. The number of hydrogen-bond acceptors (Lipinski definition) is 5. The number of morpholine rings is 1. The van der Waals surface area contributed by atoms with Crippen LogP contribution in [0, 0.1) is 0 Å². The van der Waals surface area contributed by atoms with Crippen molar-refractivity contribution in [3.63, 3.8) is 0 Å². The molecule has 2 aromatic heterocycles. The summed E-state index contributed by atoms with van der Waals surface area (Å²) in [5.74, 6) is 0.834. The third kappa shape index (κ3) is 4.80. The predicted molar refractivity (Wildman–Crippen MR) is 136 cm³/mol. The Bertz CT molecular complexity index is 1100. The molecule has 2 atom stereocenters. The van der Waals surface area contributed by atoms with Crippen molar-refractivity contribution in [3.05, 3.63) is 78.4 Å². The number of thiocarbonyl (C=S) groups is 1. The van der Waals surface area contributed by atoms with Crippen molar-refractivity contribution < 1.29 is 9.47 Å². The lowest BCUT2D eigenvalue weighted by molar-refractivity contribution is 0.0365. The molecule has 0 bridgehead atoms. The highest BCUT2D eigenvalue weighted by molar-refractivity contribution is 7.80. The number of hydrogen-bond donors (Lipinski definition) is 1. The first-order chi connectivity index (χ1) is 16.7. The monoisotopic (exact) mass is 477 g/mol. The summed E-state index contributed by atoms with van der Waals surface area (Å²) in [4.78, 5) is 9.48. The van der Waals surface area contributed by atoms with Crippen LogP contribution in [0.5, 0.6) is 5.75 Å². The van der Waals surface area contributed by atoms with Gasteiger partial charge >= 0.3 is 0 Å². The maximum Gasteiger partial charge on any atom is 0.170 e. The third-order valence-electron chi connectivity index (χ3n) is 6.59. The number of nitrogens with one attached hydrogen (secondary N) is 1. The van der Waals surface area contributed by atoms with Gasteiger partial charge in [-0.1, -0.05) is 12.1 Å². The van der Waals surface area contributed by atoms with Gasteiger partial charge in [0.05, 0.1) is 38.1 Å². The summed E-state index contributed by atoms with van der Waals surface area (Å²) >= 11 is 5.86. The van der Waals surface area contributed by atoms with Crippen LogP contribution in [0.2, 0.25) is 0 Å². The number of rotatable bonds is 8. The molecule has 1 aromatic carbocycles. The van der Waals surface area contributed by atoms with E-state index in [-0.39, 0.29) is 12.1 Å². The number of aromatic nitrogens is 2. The zero-order valence-corrected chi connectivity index (χ0v) is 20.3. The Morgan fingerprint density at radius 2 is 1.97 bits per heavy atom. The second-order valence-electron chi connectivity index (χ2n) is 8.63. The zero-order chi connectivity index (χ0) is 23.3. The Hall–Kier alpha value is -2.94. The van der Waals surface area contributed by atoms with Gasteiger partial charge < -0.3 is 24.3 Å². The van der Waals surface area contributed by atoms with Crippen LogP contribution in [0.3, 0.4) is 0 Å². The van der Waals surface area contributed by atoms with Crippen LogP contribution in [-0.2, 0) is 4.74 Å². The number of nitrogens with zero attached hydrogens (tertiary/aromatic N) is 4. The molecule has 7 nitrogen and oxygen atoms in total. The van der Waals surface area contributed by atoms with Gasteiger partial charge in [0.1, 0.15) is 5.75 Å². The fraction of sp³-hybridized carbons (Fsp3) is 0.385. The van der Waals surface area contributed by atoms with E-state index >= 15 is 0 Å². The molecule has 2 fully saturated rings. The van der Waals surface area contributed by atoms with Gasteiger partial charge in [0.25, 0.3) is 0 Å². The number of benzene rings is 1. The van der Waals surface area contributed by atoms with Crippen LogP contribution in [0.1, 0.15) is 29.9 Å². The lowest BCUT2D eigenvalue weighted by Gasteiger charge is -2.31. The average Bonchev–Trinajstić information content (AvgIpc) is 3.50. The van der Waals surface area contributed by atoms with Gasteiger partial charge in [-0.25, -0.2) is 0 Å². The van der Waals surface area contributed by atoms with Crippen molar-refractivity contribution in [1.29, 1.82) is 0 Å². The van der Waals surface area contributed by atoms with Crippen molar-refractivity contribution >= 4 is 17.3 Å². The summed E-state index contributed by atoms with van der Waals surface area (Å²) in [5.41, 5.74) is 3.22. The van der Waals surface area contributed by atoms with Gasteiger partial charge in [-0.15, -0.1) is 0 Å². The number of methoxy groups -OCH3 is 1. The Balaban J connectivity index is 1.45. The Morgan fingerprint density at radius 1 is 1.09 bits per heavy atom. The average molecular weight is 478 g/mol. The fourth-order valence-electron chi connectivity index (χ4n) is 4.89. The Morgan fingerprint density at radius 3 is 2.76 bits per heavy atom. The van der Waals surface area contributed by atoms with E-state index in [0.717, 1.165) is 68.1 Å². The highest BCUT2D eigenvalue weighted by Gasteiger charge is 2.41. The molecule has 0 amide bonds. The first kappa shape index (κ1) is 22.8. The summed E-state index contributed by atoms with van der Waals surface area (Å²) < 4.78 is 13.2. The number of pyridine rings is 1. The molecule has 0 saturated carbocycles. The van der Waals surface area contributed by atoms with Crippen LogP contribution in [0.15, 0.2) is 67.0 Å². The molecule has 0 spiro atoms. The summed E-state index contributed by atoms with van der Waals surface area (Å²) in [6.07, 6.45) is 4.99. The van der Waals surface area contributed by atoms with E-state index in [1.54, 1.807) is 7.11 Å². The molecular formula is C26H31N5O2S. The minimum Gasteiger partial charge on any atom is -0.497 e. The molecule has 2 aliphatic rings. The molecule has 2 saturated heterocycles. The van der Waals surface area contributed by atoms with Crippen molar-refractivity contribution in [3.8, 4) is 11.4 Å². The van der Waals surface area contributed by atoms with Crippen LogP contribution >= 0.6 is 12.2 Å². The summed E-state index contributed by atoms with van der Waals surface area (Å²) in [6, 6.07) is 18.5. The predicted octanol–water partition coefficient (Wildman–Crippen LogP) is 3.58. The lowest BCUT2D eigenvalue weighted by atomic mass is 10.0. The normalized spacial score (nSPS) is 21.0. The minimum absolute atomic E-state index is 0.0216. The lowest BCUT2D eigenvalue weighted by Crippen LogP contribution is -2.39. The largest absolute Gasteiger partial charge is 0.497 e. The van der Waals surface area contributed by atoms with Gasteiger partial charge in [0.15, 0.2) is 5.11 Å². The maximum atomic E-state index is 5.86. The van der Waals surface area contributed by atoms with Crippen molar-refractivity contribution in [2.24, 2.45) is 0 Å². The zero-order valence-electron chi connectivity index (χ0n) is 19.5. The molecule has 178 valence electrons. The second-order valence-corrected chi connectivity index (χ2v) is 9.02. The molecular weight excluding hydrogens is 446 g/mol. The maximum absolute atomic E-state index is 5.86.